The van der Waals surface area contributed by atoms with Crippen LogP contribution in [0, 0.1) is 21.7 Å². The van der Waals surface area contributed by atoms with Crippen LogP contribution >= 0.6 is 11.3 Å². The number of pyridine rings is 4. The number of thiophene rings is 1. The first-order chi connectivity index (χ1) is 38.2. The second-order valence-electron chi connectivity index (χ2n) is 23.3. The summed E-state index contributed by atoms with van der Waals surface area (Å²) in [5.41, 5.74) is 8.03. The first kappa shape index (κ1) is 51.4. The van der Waals surface area contributed by atoms with Crippen molar-refractivity contribution in [2.45, 2.75) is 38.7 Å². The number of hydrogen-bond acceptors (Lipinski definition) is 18. The second-order valence-corrected chi connectivity index (χ2v) is 24.2. The molecule has 14 heterocycles. The highest BCUT2D eigenvalue weighted by molar-refractivity contribution is 7.17. The van der Waals surface area contributed by atoms with Crippen molar-refractivity contribution in [3.8, 4) is 0 Å². The number of nitrogens with zero attached hydrogens (tertiary/aromatic N) is 8. The smallest absolute Gasteiger partial charge is 0.339 e. The molecule has 0 unspecified atom stereocenters. The lowest BCUT2D eigenvalue weighted by atomic mass is 9.78. The molecule has 8 fully saturated rings. The van der Waals surface area contributed by atoms with Gasteiger partial charge in [0.05, 0.1) is 109 Å². The normalized spacial score (nSPS) is 21.5. The van der Waals surface area contributed by atoms with Crippen LogP contribution in [0.1, 0.15) is 76.8 Å². The van der Waals surface area contributed by atoms with Crippen molar-refractivity contribution in [3.63, 3.8) is 0 Å². The maximum atomic E-state index is 11.5. The number of hydrogen-bond donors (Lipinski definition) is 4. The van der Waals surface area contributed by atoms with Crippen molar-refractivity contribution in [1.29, 1.82) is 0 Å². The highest BCUT2D eigenvalue weighted by Crippen LogP contribution is 2.45. The molecule has 0 radical (unpaired) electrons. The van der Waals surface area contributed by atoms with Crippen molar-refractivity contribution >= 4 is 79.6 Å². The van der Waals surface area contributed by atoms with E-state index in [-0.39, 0.29) is 32.8 Å². The van der Waals surface area contributed by atoms with E-state index in [1.165, 1.54) is 11.3 Å². The molecule has 4 N–H and O–H groups in total. The molecule has 412 valence electrons. The number of aromatic carboxylic acids is 4. The highest BCUT2D eigenvalue weighted by atomic mass is 32.1. The molecule has 1 aliphatic carbocycles. The van der Waals surface area contributed by atoms with E-state index >= 15 is 0 Å². The van der Waals surface area contributed by atoms with Gasteiger partial charge in [-0.3, -0.25) is 0 Å². The number of ether oxygens (including phenoxy) is 5. The largest absolute Gasteiger partial charge is 0.478 e. The fourth-order valence-corrected chi connectivity index (χ4v) is 13.2. The summed E-state index contributed by atoms with van der Waals surface area (Å²) in [6.45, 7) is 14.2. The lowest BCUT2D eigenvalue weighted by Gasteiger charge is -2.55. The lowest BCUT2D eigenvalue weighted by Crippen LogP contribution is -2.66. The number of carbonyl (C=O) groups is 4. The first-order valence-corrected chi connectivity index (χ1v) is 27.7. The fourth-order valence-electron chi connectivity index (χ4n) is 12.4. The van der Waals surface area contributed by atoms with Gasteiger partial charge < -0.3 is 63.7 Å². The van der Waals surface area contributed by atoms with Gasteiger partial charge in [0.2, 0.25) is 0 Å². The Morgan fingerprint density at radius 3 is 1.35 bits per heavy atom. The third-order valence-electron chi connectivity index (χ3n) is 16.9. The number of fused-ring (bicyclic) bond motifs is 4. The summed E-state index contributed by atoms with van der Waals surface area (Å²) in [6, 6.07) is 16.5. The molecule has 0 amide bonds. The minimum Gasteiger partial charge on any atom is -0.478 e. The van der Waals surface area contributed by atoms with Gasteiger partial charge in [-0.2, -0.15) is 0 Å². The van der Waals surface area contributed by atoms with Crippen molar-refractivity contribution in [2.24, 2.45) is 21.7 Å². The number of carboxylic acids is 4. The minimum atomic E-state index is -0.927. The first-order valence-electron chi connectivity index (χ1n) is 26.8. The second kappa shape index (κ2) is 19.9. The van der Waals surface area contributed by atoms with Gasteiger partial charge in [0, 0.05) is 75.4 Å². The summed E-state index contributed by atoms with van der Waals surface area (Å²) >= 11 is 1.52. The van der Waals surface area contributed by atoms with E-state index in [1.54, 1.807) is 18.2 Å². The number of para-hydroxylation sites is 1. The van der Waals surface area contributed by atoms with Gasteiger partial charge in [-0.25, -0.2) is 39.1 Å². The third-order valence-corrected chi connectivity index (χ3v) is 17.8. The van der Waals surface area contributed by atoms with Crippen molar-refractivity contribution < 1.29 is 63.3 Å². The van der Waals surface area contributed by atoms with Gasteiger partial charge in [-0.05, 0) is 73.0 Å². The van der Waals surface area contributed by atoms with Crippen LogP contribution in [0.25, 0.3) is 21.1 Å². The zero-order valence-corrected chi connectivity index (χ0v) is 44.3. The Hall–Kier alpha value is -7.08. The molecule has 4 spiro atoms. The van der Waals surface area contributed by atoms with Crippen LogP contribution in [-0.4, -0.2) is 176 Å². The van der Waals surface area contributed by atoms with Crippen LogP contribution in [0.4, 0.5) is 23.3 Å². The molecule has 0 bridgehead atoms. The molecule has 16 rings (SSSR count). The summed E-state index contributed by atoms with van der Waals surface area (Å²) < 4.78 is 27.3. The Kier molecular flexibility index (Phi) is 13.0. The molecule has 1 aromatic carbocycles. The van der Waals surface area contributed by atoms with E-state index in [2.05, 4.69) is 29.7 Å². The number of benzene rings is 1. The number of rotatable bonds is 8. The molecule has 9 aliphatic heterocycles. The van der Waals surface area contributed by atoms with E-state index in [0.29, 0.717) is 47.6 Å². The van der Waals surface area contributed by atoms with Crippen LogP contribution in [0.3, 0.4) is 0 Å². The molecule has 79 heavy (non-hydrogen) atoms. The van der Waals surface area contributed by atoms with Gasteiger partial charge >= 0.3 is 23.9 Å². The standard InChI is InChI=1S/C15H18N2O3.C15H14N2O3.C14H16N2O4.C13H12N2O3S/c2*18-14(19)11-5-10-3-1-2-4-12(10)16-13(11)17-6-15(7-17)8-20-9-15;17-13(18)10-3-9-4-19-2-1-11(9)15-12(10)16-5-14(6-16)7-20-8-14;16-12(17)8-3-10-9(1-2-19-10)14-11(8)15-4-13(5-15)6-18-7-13/h5H,1-4,6-9H2,(H,18,19);1-5H,6-9H2,(H,18,19);3H,1-2,4-8H2,(H,17,18);1-3H,4-7H2,(H,16,17). The summed E-state index contributed by atoms with van der Waals surface area (Å²) in [7, 11) is 0. The Morgan fingerprint density at radius 2 is 0.873 bits per heavy atom. The van der Waals surface area contributed by atoms with Gasteiger partial charge in [0.25, 0.3) is 0 Å². The van der Waals surface area contributed by atoms with Gasteiger partial charge in [-0.1, -0.05) is 18.2 Å². The zero-order valence-electron chi connectivity index (χ0n) is 43.5. The molecule has 6 aromatic rings. The number of carboxylic acid groups (broad SMARTS) is 4. The van der Waals surface area contributed by atoms with Crippen LogP contribution in [0.5, 0.6) is 0 Å². The molecule has 5 aromatic heterocycles. The van der Waals surface area contributed by atoms with Crippen molar-refractivity contribution in [3.05, 3.63) is 105 Å². The molecule has 21 nitrogen and oxygen atoms in total. The number of anilines is 4. The summed E-state index contributed by atoms with van der Waals surface area (Å²) in [5.74, 6) is -1.19. The van der Waals surface area contributed by atoms with Crippen LogP contribution in [-0.2, 0) is 49.6 Å². The van der Waals surface area contributed by atoms with Crippen molar-refractivity contribution in [1.82, 2.24) is 19.9 Å². The summed E-state index contributed by atoms with van der Waals surface area (Å²) in [5, 5.41) is 40.4. The Balaban J connectivity index is 0.0000000999. The van der Waals surface area contributed by atoms with E-state index in [9.17, 15) is 39.6 Å². The summed E-state index contributed by atoms with van der Waals surface area (Å²) in [6.07, 6.45) is 4.98. The molecule has 0 atom stereocenters. The Labute approximate surface area is 457 Å². The Bertz CT molecular complexity index is 3310. The summed E-state index contributed by atoms with van der Waals surface area (Å²) in [4.78, 5) is 72.4. The average molecular weight is 1100 g/mol. The quantitative estimate of drug-likeness (QED) is 0.141. The van der Waals surface area contributed by atoms with Gasteiger partial charge in [0.1, 0.15) is 45.5 Å². The molecule has 0 saturated carbocycles. The monoisotopic (exact) mass is 1100 g/mol. The fraction of sp³-hybridized carbons (Fsp3) is 0.474. The average Bonchev–Trinajstić information content (AvgIpc) is 3.98. The maximum Gasteiger partial charge on any atom is 0.339 e. The van der Waals surface area contributed by atoms with Crippen molar-refractivity contribution in [2.75, 3.05) is 131 Å². The predicted molar refractivity (Wildman–Crippen MR) is 290 cm³/mol. The van der Waals surface area contributed by atoms with E-state index in [1.807, 2.05) is 51.6 Å². The van der Waals surface area contributed by atoms with Gasteiger partial charge in [-0.15, -0.1) is 11.3 Å². The van der Waals surface area contributed by atoms with E-state index < -0.39 is 23.9 Å². The molecule has 22 heteroatoms. The third kappa shape index (κ3) is 9.54. The lowest BCUT2D eigenvalue weighted by molar-refractivity contribution is -0.127. The molecule has 10 aliphatic rings. The minimum absolute atomic E-state index is 0.239. The number of aromatic nitrogens is 4. The SMILES string of the molecule is O=C(O)c1cc2c(nc1N1CC3(COC3)C1)CCCC2.O=C(O)c1cc2c(nc1N1CC3(COC3)C1)CCOC2.O=C(O)c1cc2ccccc2nc1N1CC2(COC2)C1.O=C(O)c1cc2sccc2nc1N1CC2(COC2)C1. The topological polar surface area (TPSA) is 260 Å². The zero-order chi connectivity index (χ0) is 54.3. The molecular formula is C57H60N8O13S. The number of aryl methyl sites for hydroxylation is 2. The van der Waals surface area contributed by atoms with Crippen LogP contribution in [0.2, 0.25) is 0 Å². The van der Waals surface area contributed by atoms with Crippen LogP contribution in [0.15, 0.2) is 60.0 Å². The molecule has 8 saturated heterocycles. The van der Waals surface area contributed by atoms with E-state index in [0.717, 1.165) is 181 Å². The van der Waals surface area contributed by atoms with Crippen LogP contribution < -0.4 is 19.6 Å². The van der Waals surface area contributed by atoms with E-state index in [4.69, 9.17) is 23.7 Å². The maximum absolute atomic E-state index is 11.5. The Morgan fingerprint density at radius 1 is 0.456 bits per heavy atom. The molecular weight excluding hydrogens is 1040 g/mol. The predicted octanol–water partition coefficient (Wildman–Crippen LogP) is 5.79. The highest BCUT2D eigenvalue weighted by Gasteiger charge is 2.53. The van der Waals surface area contributed by atoms with Gasteiger partial charge in [0.15, 0.2) is 0 Å².